The predicted octanol–water partition coefficient (Wildman–Crippen LogP) is 1.29. The molecule has 1 fully saturated rings. The number of amides is 3. The fraction of sp³-hybridized carbons (Fsp3) is 0.500. The normalized spacial score (nSPS) is 16.7. The van der Waals surface area contributed by atoms with Crippen LogP contribution in [0.25, 0.3) is 0 Å². The maximum absolute atomic E-state index is 12.6. The Morgan fingerprint density at radius 1 is 1.04 bits per heavy atom. The first-order valence-electron chi connectivity index (χ1n) is 7.79. The van der Waals surface area contributed by atoms with Gasteiger partial charge in [-0.05, 0) is 32.0 Å². The molecule has 124 valence electrons. The zero-order chi connectivity index (χ0) is 16.4. The van der Waals surface area contributed by atoms with Crippen molar-refractivity contribution in [1.82, 2.24) is 15.1 Å². The third-order valence-corrected chi connectivity index (χ3v) is 3.89. The second-order valence-corrected chi connectivity index (χ2v) is 5.95. The molecule has 2 heterocycles. The third-order valence-electron chi connectivity index (χ3n) is 3.89. The van der Waals surface area contributed by atoms with E-state index in [1.807, 2.05) is 13.8 Å². The van der Waals surface area contributed by atoms with Crippen LogP contribution in [0, 0.1) is 0 Å². The number of nitrogens with zero attached hydrogens (tertiary/aromatic N) is 2. The molecule has 0 unspecified atom stereocenters. The summed E-state index contributed by atoms with van der Waals surface area (Å²) in [5.41, 5.74) is 0.578. The zero-order valence-electron chi connectivity index (χ0n) is 13.4. The summed E-state index contributed by atoms with van der Waals surface area (Å²) in [7, 11) is 0. The van der Waals surface area contributed by atoms with E-state index in [0.717, 1.165) is 0 Å². The van der Waals surface area contributed by atoms with Crippen LogP contribution >= 0.6 is 0 Å². The smallest absolute Gasteiger partial charge is 0.317 e. The first-order valence-corrected chi connectivity index (χ1v) is 7.79. The topological polar surface area (TPSA) is 71.1 Å². The molecule has 3 rings (SSSR count). The van der Waals surface area contributed by atoms with Crippen LogP contribution in [-0.4, -0.2) is 60.8 Å². The van der Waals surface area contributed by atoms with Crippen LogP contribution < -0.4 is 14.8 Å². The van der Waals surface area contributed by atoms with Gasteiger partial charge < -0.3 is 24.6 Å². The largest absolute Gasteiger partial charge is 0.454 e. The van der Waals surface area contributed by atoms with Crippen molar-refractivity contribution in [2.24, 2.45) is 0 Å². The van der Waals surface area contributed by atoms with Crippen molar-refractivity contribution in [2.45, 2.75) is 19.9 Å². The van der Waals surface area contributed by atoms with Crippen molar-refractivity contribution in [3.05, 3.63) is 23.8 Å². The molecule has 23 heavy (non-hydrogen) atoms. The third kappa shape index (κ3) is 3.33. The van der Waals surface area contributed by atoms with Crippen molar-refractivity contribution in [3.63, 3.8) is 0 Å². The number of piperazine rings is 1. The zero-order valence-corrected chi connectivity index (χ0v) is 13.4. The van der Waals surface area contributed by atoms with Crippen LogP contribution in [0.2, 0.25) is 0 Å². The molecule has 1 N–H and O–H groups in total. The van der Waals surface area contributed by atoms with E-state index < -0.39 is 0 Å². The molecule has 0 saturated carbocycles. The number of urea groups is 1. The summed E-state index contributed by atoms with van der Waals surface area (Å²) in [6.45, 7) is 6.17. The van der Waals surface area contributed by atoms with Gasteiger partial charge in [-0.15, -0.1) is 0 Å². The molecule has 0 spiro atoms. The molecule has 0 aromatic heterocycles. The summed E-state index contributed by atoms with van der Waals surface area (Å²) < 4.78 is 10.6. The number of benzene rings is 1. The van der Waals surface area contributed by atoms with Gasteiger partial charge in [-0.3, -0.25) is 4.79 Å². The number of fused-ring (bicyclic) bond motifs is 1. The van der Waals surface area contributed by atoms with Gasteiger partial charge >= 0.3 is 6.03 Å². The summed E-state index contributed by atoms with van der Waals surface area (Å²) in [6, 6.07) is 5.24. The van der Waals surface area contributed by atoms with Crippen molar-refractivity contribution < 1.29 is 19.1 Å². The highest BCUT2D eigenvalue weighted by Gasteiger charge is 2.26. The highest BCUT2D eigenvalue weighted by molar-refractivity contribution is 5.95. The number of nitrogens with one attached hydrogen (secondary N) is 1. The van der Waals surface area contributed by atoms with E-state index in [1.54, 1.807) is 28.0 Å². The Morgan fingerprint density at radius 2 is 1.70 bits per heavy atom. The summed E-state index contributed by atoms with van der Waals surface area (Å²) in [4.78, 5) is 28.0. The number of hydrogen-bond donors (Lipinski definition) is 1. The van der Waals surface area contributed by atoms with Gasteiger partial charge in [0.15, 0.2) is 11.5 Å². The van der Waals surface area contributed by atoms with Gasteiger partial charge in [0, 0.05) is 37.8 Å². The molecule has 2 aliphatic heterocycles. The predicted molar refractivity (Wildman–Crippen MR) is 83.7 cm³/mol. The summed E-state index contributed by atoms with van der Waals surface area (Å²) in [5, 5.41) is 2.87. The quantitative estimate of drug-likeness (QED) is 0.892. The summed E-state index contributed by atoms with van der Waals surface area (Å²) in [5.74, 6) is 1.22. The van der Waals surface area contributed by atoms with E-state index >= 15 is 0 Å². The summed E-state index contributed by atoms with van der Waals surface area (Å²) in [6.07, 6.45) is 0. The van der Waals surface area contributed by atoms with Gasteiger partial charge in [-0.2, -0.15) is 0 Å². The van der Waals surface area contributed by atoms with Crippen LogP contribution in [0.15, 0.2) is 18.2 Å². The first kappa shape index (κ1) is 15.5. The van der Waals surface area contributed by atoms with E-state index in [2.05, 4.69) is 5.32 Å². The lowest BCUT2D eigenvalue weighted by Gasteiger charge is -2.35. The minimum atomic E-state index is -0.0739. The molecule has 0 radical (unpaired) electrons. The summed E-state index contributed by atoms with van der Waals surface area (Å²) >= 11 is 0. The molecular weight excluding hydrogens is 298 g/mol. The molecular formula is C16H21N3O4. The standard InChI is InChI=1S/C16H21N3O4/c1-11(2)17-16(21)19-7-5-18(6-8-19)15(20)12-3-4-13-14(9-12)23-10-22-13/h3-4,9,11H,5-8,10H2,1-2H3,(H,17,21). The van der Waals surface area contributed by atoms with Gasteiger partial charge in [0.2, 0.25) is 6.79 Å². The molecule has 1 aromatic rings. The van der Waals surface area contributed by atoms with Crippen molar-refractivity contribution in [2.75, 3.05) is 33.0 Å². The van der Waals surface area contributed by atoms with Crippen LogP contribution in [0.4, 0.5) is 4.79 Å². The second kappa shape index (κ2) is 6.36. The van der Waals surface area contributed by atoms with Crippen molar-refractivity contribution in [3.8, 4) is 11.5 Å². The maximum Gasteiger partial charge on any atom is 0.317 e. The minimum absolute atomic E-state index is 0.0489. The number of hydrogen-bond acceptors (Lipinski definition) is 4. The SMILES string of the molecule is CC(C)NC(=O)N1CCN(C(=O)c2ccc3c(c2)OCO3)CC1. The van der Waals surface area contributed by atoms with E-state index in [-0.39, 0.29) is 24.8 Å². The van der Waals surface area contributed by atoms with Crippen LogP contribution in [-0.2, 0) is 0 Å². The lowest BCUT2D eigenvalue weighted by atomic mass is 10.1. The fourth-order valence-corrected chi connectivity index (χ4v) is 2.66. The Bertz CT molecular complexity index is 609. The number of rotatable bonds is 2. The van der Waals surface area contributed by atoms with E-state index in [1.165, 1.54) is 0 Å². The van der Waals surface area contributed by atoms with E-state index in [9.17, 15) is 9.59 Å². The molecule has 7 nitrogen and oxygen atoms in total. The maximum atomic E-state index is 12.6. The average Bonchev–Trinajstić information content (AvgIpc) is 3.01. The Kier molecular flexibility index (Phi) is 4.27. The van der Waals surface area contributed by atoms with Crippen LogP contribution in [0.3, 0.4) is 0 Å². The molecule has 1 saturated heterocycles. The molecule has 7 heteroatoms. The monoisotopic (exact) mass is 319 g/mol. The number of carbonyl (C=O) groups is 2. The van der Waals surface area contributed by atoms with Gasteiger partial charge in [0.25, 0.3) is 5.91 Å². The molecule has 1 aromatic carbocycles. The van der Waals surface area contributed by atoms with Crippen LogP contribution in [0.1, 0.15) is 24.2 Å². The highest BCUT2D eigenvalue weighted by Crippen LogP contribution is 2.32. The van der Waals surface area contributed by atoms with Crippen molar-refractivity contribution >= 4 is 11.9 Å². The Labute approximate surface area is 135 Å². The number of ether oxygens (including phenoxy) is 2. The Hall–Kier alpha value is -2.44. The van der Waals surface area contributed by atoms with E-state index in [4.69, 9.17) is 9.47 Å². The molecule has 0 bridgehead atoms. The second-order valence-electron chi connectivity index (χ2n) is 5.95. The Morgan fingerprint density at radius 3 is 2.39 bits per heavy atom. The fourth-order valence-electron chi connectivity index (χ4n) is 2.66. The lowest BCUT2D eigenvalue weighted by molar-refractivity contribution is 0.0663. The van der Waals surface area contributed by atoms with Gasteiger partial charge in [0.05, 0.1) is 0 Å². The first-order chi connectivity index (χ1) is 11.0. The highest BCUT2D eigenvalue weighted by atomic mass is 16.7. The lowest BCUT2D eigenvalue weighted by Crippen LogP contribution is -2.54. The van der Waals surface area contributed by atoms with Crippen molar-refractivity contribution in [1.29, 1.82) is 0 Å². The Balaban J connectivity index is 1.59. The molecule has 3 amide bonds. The van der Waals surface area contributed by atoms with Gasteiger partial charge in [-0.25, -0.2) is 4.79 Å². The minimum Gasteiger partial charge on any atom is -0.454 e. The molecule has 0 aliphatic carbocycles. The molecule has 2 aliphatic rings. The van der Waals surface area contributed by atoms with Gasteiger partial charge in [-0.1, -0.05) is 0 Å². The van der Waals surface area contributed by atoms with Gasteiger partial charge in [0.1, 0.15) is 0 Å². The van der Waals surface area contributed by atoms with E-state index in [0.29, 0.717) is 43.2 Å². The van der Waals surface area contributed by atoms with Crippen LogP contribution in [0.5, 0.6) is 11.5 Å². The molecule has 0 atom stereocenters. The number of carbonyl (C=O) groups excluding carboxylic acids is 2. The average molecular weight is 319 g/mol.